The normalized spacial score (nSPS) is 28.0. The van der Waals surface area contributed by atoms with Gasteiger partial charge in [-0.3, -0.25) is 0 Å². The molecule has 0 aliphatic carbocycles. The van der Waals surface area contributed by atoms with E-state index in [-0.39, 0.29) is 0 Å². The lowest BCUT2D eigenvalue weighted by molar-refractivity contribution is 0.209. The maximum Gasteiger partial charge on any atom is 0.282 e. The van der Waals surface area contributed by atoms with E-state index >= 15 is 0 Å². The second-order valence-corrected chi connectivity index (χ2v) is 9.79. The molecule has 2 fully saturated rings. The molecule has 2 saturated heterocycles. The highest BCUT2D eigenvalue weighted by Gasteiger charge is 2.35. The molecule has 0 aromatic carbocycles. The molecule has 7 nitrogen and oxygen atoms in total. The van der Waals surface area contributed by atoms with Crippen molar-refractivity contribution in [2.75, 3.05) is 44.2 Å². The number of hydrogen-bond donors (Lipinski definition) is 0. The number of hydrogen-bond acceptors (Lipinski definition) is 6. The van der Waals surface area contributed by atoms with Crippen LogP contribution in [-0.4, -0.2) is 65.7 Å². The summed E-state index contributed by atoms with van der Waals surface area (Å²) in [6.07, 6.45) is 1.92. The molecule has 2 aliphatic rings. The van der Waals surface area contributed by atoms with Gasteiger partial charge in [0.05, 0.1) is 0 Å². The number of aryl methyl sites for hydroxylation is 1. The minimum atomic E-state index is -3.37. The predicted octanol–water partition coefficient (Wildman–Crippen LogP) is 1.58. The molecule has 3 heterocycles. The van der Waals surface area contributed by atoms with Gasteiger partial charge in [0.1, 0.15) is 5.82 Å². The fraction of sp³-hybridized carbons (Fsp3) is 0.867. The molecule has 24 heavy (non-hydrogen) atoms. The maximum atomic E-state index is 13.0. The summed E-state index contributed by atoms with van der Waals surface area (Å²) in [5.74, 6) is 1.63. The van der Waals surface area contributed by atoms with Crippen LogP contribution in [0, 0.1) is 18.8 Å². The first-order valence-corrected chi connectivity index (χ1v) is 10.8. The molecule has 136 valence electrons. The first kappa shape index (κ1) is 18.0. The van der Waals surface area contributed by atoms with Crippen LogP contribution in [0.5, 0.6) is 0 Å². The van der Waals surface area contributed by atoms with Gasteiger partial charge in [0.25, 0.3) is 10.2 Å². The van der Waals surface area contributed by atoms with Crippen molar-refractivity contribution in [2.24, 2.45) is 11.8 Å². The van der Waals surface area contributed by atoms with Crippen molar-refractivity contribution in [1.82, 2.24) is 18.0 Å². The van der Waals surface area contributed by atoms with Crippen LogP contribution in [0.15, 0.2) is 0 Å². The van der Waals surface area contributed by atoms with Crippen LogP contribution in [0.4, 0.5) is 5.13 Å². The lowest BCUT2D eigenvalue weighted by atomic mass is 9.94. The molecular formula is C15H27N5O2S2. The molecular weight excluding hydrogens is 346 g/mol. The Hall–Kier alpha value is -0.770. The van der Waals surface area contributed by atoms with Gasteiger partial charge < -0.3 is 4.90 Å². The van der Waals surface area contributed by atoms with Gasteiger partial charge in [-0.2, -0.15) is 21.4 Å². The van der Waals surface area contributed by atoms with Crippen molar-refractivity contribution >= 4 is 26.9 Å². The molecule has 0 unspecified atom stereocenters. The SMILES string of the molecule is Cc1nsc(N2CCCN(S(=O)(=O)N3C[C@H](C)C[C@H](C)C3)CC2)n1. The fourth-order valence-corrected chi connectivity index (χ4v) is 6.30. The molecule has 1 aromatic rings. The minimum absolute atomic E-state index is 0.427. The van der Waals surface area contributed by atoms with Crippen LogP contribution in [-0.2, 0) is 10.2 Å². The summed E-state index contributed by atoms with van der Waals surface area (Å²) < 4.78 is 33.7. The minimum Gasteiger partial charge on any atom is -0.345 e. The monoisotopic (exact) mass is 373 g/mol. The van der Waals surface area contributed by atoms with E-state index in [4.69, 9.17) is 0 Å². The van der Waals surface area contributed by atoms with Gasteiger partial charge in [0.2, 0.25) is 5.13 Å². The van der Waals surface area contributed by atoms with E-state index < -0.39 is 10.2 Å². The Labute approximate surface area is 149 Å². The quantitative estimate of drug-likeness (QED) is 0.805. The largest absolute Gasteiger partial charge is 0.345 e. The van der Waals surface area contributed by atoms with Crippen LogP contribution < -0.4 is 4.90 Å². The van der Waals surface area contributed by atoms with Gasteiger partial charge in [0.15, 0.2) is 0 Å². The summed E-state index contributed by atoms with van der Waals surface area (Å²) in [5, 5.41) is 0.895. The molecule has 2 aliphatic heterocycles. The average Bonchev–Trinajstić information content (AvgIpc) is 2.79. The highest BCUT2D eigenvalue weighted by Crippen LogP contribution is 2.26. The third-order valence-corrected chi connectivity index (χ3v) is 7.57. The van der Waals surface area contributed by atoms with Gasteiger partial charge in [-0.1, -0.05) is 13.8 Å². The Morgan fingerprint density at radius 3 is 2.38 bits per heavy atom. The molecule has 0 saturated carbocycles. The number of anilines is 1. The van der Waals surface area contributed by atoms with Gasteiger partial charge in [-0.15, -0.1) is 0 Å². The third kappa shape index (κ3) is 3.89. The molecule has 0 bridgehead atoms. The van der Waals surface area contributed by atoms with E-state index in [0.29, 0.717) is 44.6 Å². The van der Waals surface area contributed by atoms with Crippen LogP contribution >= 0.6 is 11.5 Å². The van der Waals surface area contributed by atoms with E-state index in [0.717, 1.165) is 30.3 Å². The van der Waals surface area contributed by atoms with Crippen LogP contribution in [0.3, 0.4) is 0 Å². The lowest BCUT2D eigenvalue weighted by Gasteiger charge is -2.37. The van der Waals surface area contributed by atoms with Gasteiger partial charge in [-0.25, -0.2) is 4.98 Å². The molecule has 0 amide bonds. The lowest BCUT2D eigenvalue weighted by Crippen LogP contribution is -2.50. The van der Waals surface area contributed by atoms with Gasteiger partial charge >= 0.3 is 0 Å². The van der Waals surface area contributed by atoms with E-state index in [1.54, 1.807) is 8.61 Å². The van der Waals surface area contributed by atoms with Crippen LogP contribution in [0.25, 0.3) is 0 Å². The second-order valence-electron chi connectivity index (χ2n) is 7.13. The molecule has 0 spiro atoms. The number of piperidine rings is 1. The second kappa shape index (κ2) is 7.23. The van der Waals surface area contributed by atoms with E-state index in [1.165, 1.54) is 11.5 Å². The van der Waals surface area contributed by atoms with Crippen molar-refractivity contribution in [2.45, 2.75) is 33.6 Å². The van der Waals surface area contributed by atoms with Crippen LogP contribution in [0.2, 0.25) is 0 Å². The zero-order valence-electron chi connectivity index (χ0n) is 14.7. The Morgan fingerprint density at radius 2 is 1.75 bits per heavy atom. The Morgan fingerprint density at radius 1 is 1.04 bits per heavy atom. The summed E-state index contributed by atoms with van der Waals surface area (Å²) in [4.78, 5) is 6.58. The number of nitrogens with zero attached hydrogens (tertiary/aromatic N) is 5. The molecule has 0 N–H and O–H groups in total. The first-order chi connectivity index (χ1) is 11.4. The predicted molar refractivity (Wildman–Crippen MR) is 96.5 cm³/mol. The number of rotatable bonds is 3. The van der Waals surface area contributed by atoms with Gasteiger partial charge in [-0.05, 0) is 31.6 Å². The average molecular weight is 374 g/mol. The highest BCUT2D eigenvalue weighted by molar-refractivity contribution is 7.86. The van der Waals surface area contributed by atoms with E-state index in [1.807, 2.05) is 6.92 Å². The fourth-order valence-electron chi connectivity index (χ4n) is 3.69. The summed E-state index contributed by atoms with van der Waals surface area (Å²) in [5.41, 5.74) is 0. The van der Waals surface area contributed by atoms with E-state index in [9.17, 15) is 8.42 Å². The Balaban J connectivity index is 1.68. The molecule has 2 atom stereocenters. The van der Waals surface area contributed by atoms with Crippen LogP contribution in [0.1, 0.15) is 32.5 Å². The van der Waals surface area contributed by atoms with Crippen molar-refractivity contribution in [3.05, 3.63) is 5.82 Å². The van der Waals surface area contributed by atoms with Crippen molar-refractivity contribution in [3.63, 3.8) is 0 Å². The highest BCUT2D eigenvalue weighted by atomic mass is 32.2. The Kier molecular flexibility index (Phi) is 5.43. The first-order valence-electron chi connectivity index (χ1n) is 8.66. The summed E-state index contributed by atoms with van der Waals surface area (Å²) >= 11 is 1.39. The third-order valence-electron chi connectivity index (χ3n) is 4.73. The maximum absolute atomic E-state index is 13.0. The topological polar surface area (TPSA) is 69.6 Å². The number of aromatic nitrogens is 2. The van der Waals surface area contributed by atoms with Crippen molar-refractivity contribution < 1.29 is 8.42 Å². The van der Waals surface area contributed by atoms with E-state index in [2.05, 4.69) is 28.1 Å². The summed E-state index contributed by atoms with van der Waals surface area (Å²) in [6, 6.07) is 0. The molecule has 3 rings (SSSR count). The zero-order chi connectivity index (χ0) is 17.3. The van der Waals surface area contributed by atoms with Crippen molar-refractivity contribution in [1.29, 1.82) is 0 Å². The zero-order valence-corrected chi connectivity index (χ0v) is 16.3. The molecule has 0 radical (unpaired) electrons. The molecule has 1 aromatic heterocycles. The summed E-state index contributed by atoms with van der Waals surface area (Å²) in [6.45, 7) is 10.0. The van der Waals surface area contributed by atoms with Gasteiger partial charge in [0, 0.05) is 50.8 Å². The Bertz CT molecular complexity index is 653. The smallest absolute Gasteiger partial charge is 0.282 e. The van der Waals surface area contributed by atoms with Crippen molar-refractivity contribution in [3.8, 4) is 0 Å². The molecule has 9 heteroatoms. The summed E-state index contributed by atoms with van der Waals surface area (Å²) in [7, 11) is -3.37. The standard InChI is InChI=1S/C15H27N5O2S2/c1-12-9-13(2)11-20(10-12)24(21,22)19-6-4-5-18(7-8-19)15-16-14(3)17-23-15/h12-13H,4-11H2,1-3H3/t12-,13+.